The smallest absolute Gasteiger partial charge is 0.0895 e. The average Bonchev–Trinajstić information content (AvgIpc) is 2.56. The molecule has 0 atom stereocenters. The number of nitrogens with zero attached hydrogens (tertiary/aromatic N) is 3. The Labute approximate surface area is 137 Å². The molecule has 0 spiro atoms. The fraction of sp³-hybridized carbons (Fsp3) is 0.118. The molecule has 22 heavy (non-hydrogen) atoms. The van der Waals surface area contributed by atoms with Crippen molar-refractivity contribution in [2.45, 2.75) is 6.42 Å². The van der Waals surface area contributed by atoms with Crippen molar-refractivity contribution in [2.75, 3.05) is 6.54 Å². The van der Waals surface area contributed by atoms with Gasteiger partial charge >= 0.3 is 0 Å². The molecule has 0 aliphatic rings. The summed E-state index contributed by atoms with van der Waals surface area (Å²) in [4.78, 5) is 13.3. The van der Waals surface area contributed by atoms with Gasteiger partial charge in [-0.2, -0.15) is 0 Å². The van der Waals surface area contributed by atoms with Crippen LogP contribution in [0.1, 0.15) is 5.69 Å². The van der Waals surface area contributed by atoms with E-state index in [9.17, 15) is 0 Å². The van der Waals surface area contributed by atoms with E-state index < -0.39 is 0 Å². The van der Waals surface area contributed by atoms with Gasteiger partial charge in [0.05, 0.1) is 11.4 Å². The molecule has 3 aromatic rings. The van der Waals surface area contributed by atoms with Gasteiger partial charge in [0, 0.05) is 40.7 Å². The first-order valence-corrected chi connectivity index (χ1v) is 7.79. The quantitative estimate of drug-likeness (QED) is 0.778. The third kappa shape index (κ3) is 3.37. The van der Waals surface area contributed by atoms with Gasteiger partial charge in [0.15, 0.2) is 0 Å². The Kier molecular flexibility index (Phi) is 4.56. The summed E-state index contributed by atoms with van der Waals surface area (Å²) in [5.41, 5.74) is 10.4. The first-order valence-electron chi connectivity index (χ1n) is 6.99. The predicted molar refractivity (Wildman–Crippen MR) is 91.2 cm³/mol. The Balaban J connectivity index is 2.12. The fourth-order valence-corrected chi connectivity index (χ4v) is 2.61. The van der Waals surface area contributed by atoms with E-state index in [1.807, 2.05) is 36.5 Å². The van der Waals surface area contributed by atoms with Gasteiger partial charge in [-0.1, -0.05) is 6.07 Å². The lowest BCUT2D eigenvalue weighted by Crippen LogP contribution is -2.05. The van der Waals surface area contributed by atoms with Gasteiger partial charge in [0.25, 0.3) is 0 Å². The summed E-state index contributed by atoms with van der Waals surface area (Å²) in [6, 6.07) is 11.9. The lowest BCUT2D eigenvalue weighted by atomic mass is 10.0. The molecule has 0 radical (unpaired) electrons. The van der Waals surface area contributed by atoms with Gasteiger partial charge in [0.2, 0.25) is 0 Å². The highest BCUT2D eigenvalue weighted by Gasteiger charge is 2.08. The van der Waals surface area contributed by atoms with Crippen LogP contribution in [0.25, 0.3) is 22.5 Å². The van der Waals surface area contributed by atoms with Gasteiger partial charge in [-0.15, -0.1) is 0 Å². The Bertz CT molecular complexity index is 775. The van der Waals surface area contributed by atoms with Gasteiger partial charge in [-0.3, -0.25) is 15.0 Å². The molecule has 0 aromatic carbocycles. The van der Waals surface area contributed by atoms with E-state index in [0.29, 0.717) is 6.54 Å². The van der Waals surface area contributed by atoms with Crippen molar-refractivity contribution in [2.24, 2.45) is 5.73 Å². The van der Waals surface area contributed by atoms with Crippen LogP contribution >= 0.6 is 15.9 Å². The third-order valence-electron chi connectivity index (χ3n) is 3.24. The van der Waals surface area contributed by atoms with Crippen LogP contribution in [-0.2, 0) is 6.42 Å². The minimum Gasteiger partial charge on any atom is -0.330 e. The molecule has 2 N–H and O–H groups in total. The van der Waals surface area contributed by atoms with Crippen LogP contribution in [0.3, 0.4) is 0 Å². The van der Waals surface area contributed by atoms with Crippen molar-refractivity contribution in [3.63, 3.8) is 0 Å². The summed E-state index contributed by atoms with van der Waals surface area (Å²) in [6.45, 7) is 0.564. The highest BCUT2D eigenvalue weighted by molar-refractivity contribution is 9.10. The maximum absolute atomic E-state index is 5.69. The van der Waals surface area contributed by atoms with Crippen LogP contribution in [-0.4, -0.2) is 21.5 Å². The van der Waals surface area contributed by atoms with E-state index in [-0.39, 0.29) is 0 Å². The number of hydrogen-bond donors (Lipinski definition) is 1. The standard InChI is InChI=1S/C17H15BrN4/c18-14-7-13(10-20-11-14)12-8-15(4-5-19)22-17(9-12)16-3-1-2-6-21-16/h1-3,6-11H,4-5,19H2. The summed E-state index contributed by atoms with van der Waals surface area (Å²) < 4.78 is 0.946. The molecule has 0 saturated carbocycles. The van der Waals surface area contributed by atoms with Gasteiger partial charge in [-0.25, -0.2) is 0 Å². The van der Waals surface area contributed by atoms with Crippen molar-refractivity contribution in [3.05, 3.63) is 65.2 Å². The summed E-state index contributed by atoms with van der Waals surface area (Å²) in [5, 5.41) is 0. The zero-order valence-corrected chi connectivity index (χ0v) is 13.5. The zero-order valence-electron chi connectivity index (χ0n) is 11.9. The number of hydrogen-bond acceptors (Lipinski definition) is 4. The number of pyridine rings is 3. The van der Waals surface area contributed by atoms with E-state index in [4.69, 9.17) is 5.73 Å². The molecule has 0 bridgehead atoms. The molecule has 0 fully saturated rings. The molecule has 3 rings (SSSR count). The molecule has 0 aliphatic heterocycles. The maximum Gasteiger partial charge on any atom is 0.0895 e. The normalized spacial score (nSPS) is 10.6. The molecule has 3 heterocycles. The van der Waals surface area contributed by atoms with Crippen LogP contribution in [0, 0.1) is 0 Å². The summed E-state index contributed by atoms with van der Waals surface area (Å²) in [6.07, 6.45) is 6.11. The summed E-state index contributed by atoms with van der Waals surface area (Å²) in [5.74, 6) is 0. The highest BCUT2D eigenvalue weighted by atomic mass is 79.9. The zero-order chi connectivity index (χ0) is 15.4. The Morgan fingerprint density at radius 1 is 1.00 bits per heavy atom. The SMILES string of the molecule is NCCc1cc(-c2cncc(Br)c2)cc(-c2ccccn2)n1. The molecular formula is C17H15BrN4. The van der Waals surface area contributed by atoms with Crippen LogP contribution in [0.5, 0.6) is 0 Å². The second-order valence-corrected chi connectivity index (χ2v) is 5.79. The van der Waals surface area contributed by atoms with Crippen molar-refractivity contribution in [1.82, 2.24) is 15.0 Å². The van der Waals surface area contributed by atoms with E-state index >= 15 is 0 Å². The van der Waals surface area contributed by atoms with Crippen molar-refractivity contribution in [1.29, 1.82) is 0 Å². The van der Waals surface area contributed by atoms with Crippen LogP contribution < -0.4 is 5.73 Å². The fourth-order valence-electron chi connectivity index (χ4n) is 2.25. The maximum atomic E-state index is 5.69. The van der Waals surface area contributed by atoms with Crippen molar-refractivity contribution in [3.8, 4) is 22.5 Å². The average molecular weight is 355 g/mol. The second kappa shape index (κ2) is 6.77. The third-order valence-corrected chi connectivity index (χ3v) is 3.68. The molecule has 0 amide bonds. The molecule has 0 unspecified atom stereocenters. The summed E-state index contributed by atoms with van der Waals surface area (Å²) >= 11 is 3.46. The van der Waals surface area contributed by atoms with Crippen LogP contribution in [0.15, 0.2) is 59.5 Å². The highest BCUT2D eigenvalue weighted by Crippen LogP contribution is 2.26. The van der Waals surface area contributed by atoms with Gasteiger partial charge in [-0.05, 0) is 58.4 Å². The van der Waals surface area contributed by atoms with E-state index in [2.05, 4.69) is 36.9 Å². The van der Waals surface area contributed by atoms with Gasteiger partial charge < -0.3 is 5.73 Å². The van der Waals surface area contributed by atoms with Crippen LogP contribution in [0.4, 0.5) is 0 Å². The predicted octanol–water partition coefficient (Wildman–Crippen LogP) is 3.47. The Hall–Kier alpha value is -2.11. The number of aromatic nitrogens is 3. The van der Waals surface area contributed by atoms with E-state index in [0.717, 1.165) is 39.1 Å². The molecule has 0 aliphatic carbocycles. The van der Waals surface area contributed by atoms with Crippen molar-refractivity contribution < 1.29 is 0 Å². The minimum atomic E-state index is 0.564. The largest absolute Gasteiger partial charge is 0.330 e. The number of rotatable bonds is 4. The van der Waals surface area contributed by atoms with Gasteiger partial charge in [0.1, 0.15) is 0 Å². The molecular weight excluding hydrogens is 340 g/mol. The Morgan fingerprint density at radius 3 is 2.64 bits per heavy atom. The first kappa shape index (κ1) is 14.8. The lowest BCUT2D eigenvalue weighted by Gasteiger charge is -2.09. The van der Waals surface area contributed by atoms with E-state index in [1.54, 1.807) is 12.4 Å². The lowest BCUT2D eigenvalue weighted by molar-refractivity contribution is 0.924. The summed E-state index contributed by atoms with van der Waals surface area (Å²) in [7, 11) is 0. The minimum absolute atomic E-state index is 0.564. The van der Waals surface area contributed by atoms with E-state index in [1.165, 1.54) is 0 Å². The number of halogens is 1. The van der Waals surface area contributed by atoms with Crippen LogP contribution in [0.2, 0.25) is 0 Å². The number of nitrogens with two attached hydrogens (primary N) is 1. The van der Waals surface area contributed by atoms with Crippen molar-refractivity contribution >= 4 is 15.9 Å². The molecule has 4 nitrogen and oxygen atoms in total. The molecule has 5 heteroatoms. The Morgan fingerprint density at radius 2 is 1.91 bits per heavy atom. The monoisotopic (exact) mass is 354 g/mol. The topological polar surface area (TPSA) is 64.7 Å². The molecule has 3 aromatic heterocycles. The molecule has 110 valence electrons. The first-order chi connectivity index (χ1) is 10.8. The second-order valence-electron chi connectivity index (χ2n) is 4.88. The molecule has 0 saturated heterocycles.